The van der Waals surface area contributed by atoms with Gasteiger partial charge in [0.15, 0.2) is 0 Å². The largest absolute Gasteiger partial charge is 0.457 e. The highest BCUT2D eigenvalue weighted by atomic mass is 16.5. The van der Waals surface area contributed by atoms with Crippen molar-refractivity contribution in [2.75, 3.05) is 38.6 Å². The number of methoxy groups -OCH3 is 1. The molecule has 0 aliphatic carbocycles. The van der Waals surface area contributed by atoms with Crippen molar-refractivity contribution in [1.82, 2.24) is 4.90 Å². The molecular formula is C28H34N2O3. The molecule has 174 valence electrons. The second-order valence-electron chi connectivity index (χ2n) is 8.72. The normalized spacial score (nSPS) is 15.8. The van der Waals surface area contributed by atoms with Crippen LogP contribution in [-0.4, -0.2) is 49.4 Å². The number of likely N-dealkylation sites (tertiary alicyclic amines) is 1. The van der Waals surface area contributed by atoms with Crippen LogP contribution in [0.5, 0.6) is 11.5 Å². The van der Waals surface area contributed by atoms with Gasteiger partial charge >= 0.3 is 0 Å². The smallest absolute Gasteiger partial charge is 0.127 e. The quantitative estimate of drug-likeness (QED) is 0.444. The van der Waals surface area contributed by atoms with E-state index in [0.717, 1.165) is 48.7 Å². The topological polar surface area (TPSA) is 54.0 Å². The fourth-order valence-electron chi connectivity index (χ4n) is 4.37. The Morgan fingerprint density at radius 1 is 0.909 bits per heavy atom. The number of piperidine rings is 1. The molecule has 0 unspecified atom stereocenters. The van der Waals surface area contributed by atoms with Crippen molar-refractivity contribution < 1.29 is 14.6 Å². The van der Waals surface area contributed by atoms with Gasteiger partial charge in [-0.05, 0) is 79.4 Å². The Morgan fingerprint density at radius 3 is 2.24 bits per heavy atom. The van der Waals surface area contributed by atoms with E-state index < -0.39 is 6.10 Å². The first-order chi connectivity index (χ1) is 16.2. The van der Waals surface area contributed by atoms with Gasteiger partial charge in [-0.3, -0.25) is 0 Å². The van der Waals surface area contributed by atoms with Crippen molar-refractivity contribution in [3.05, 3.63) is 90.0 Å². The van der Waals surface area contributed by atoms with Gasteiger partial charge in [0.05, 0.1) is 12.7 Å². The zero-order chi connectivity index (χ0) is 22.9. The van der Waals surface area contributed by atoms with Crippen LogP contribution < -0.4 is 10.1 Å². The number of hydrogen-bond donors (Lipinski definition) is 2. The molecule has 2 N–H and O–H groups in total. The molecule has 0 aromatic heterocycles. The summed E-state index contributed by atoms with van der Waals surface area (Å²) in [5, 5.41) is 13.8. The van der Waals surface area contributed by atoms with Crippen molar-refractivity contribution in [3.8, 4) is 11.5 Å². The second-order valence-corrected chi connectivity index (χ2v) is 8.72. The van der Waals surface area contributed by atoms with Crippen LogP contribution in [-0.2, 0) is 11.3 Å². The van der Waals surface area contributed by atoms with Crippen molar-refractivity contribution in [1.29, 1.82) is 0 Å². The standard InChI is InChI=1S/C28H34N2O3/c1-32-21-22-7-11-25(12-8-22)29-19-26(31)20-30-17-15-24(16-18-30)23-9-13-28(14-10-23)33-27-5-3-2-4-6-27/h2-14,24,26,29,31H,15-21H2,1H3/t26-/m0/s1. The zero-order valence-corrected chi connectivity index (χ0v) is 19.3. The highest BCUT2D eigenvalue weighted by Gasteiger charge is 2.22. The monoisotopic (exact) mass is 446 g/mol. The second kappa shape index (κ2) is 11.8. The van der Waals surface area contributed by atoms with Gasteiger partial charge in [0.2, 0.25) is 0 Å². The van der Waals surface area contributed by atoms with Crippen molar-refractivity contribution in [3.63, 3.8) is 0 Å². The Balaban J connectivity index is 1.18. The summed E-state index contributed by atoms with van der Waals surface area (Å²) >= 11 is 0. The number of para-hydroxylation sites is 1. The summed E-state index contributed by atoms with van der Waals surface area (Å²) in [5.41, 5.74) is 3.53. The van der Waals surface area contributed by atoms with Crippen molar-refractivity contribution >= 4 is 5.69 Å². The number of rotatable bonds is 10. The average molecular weight is 447 g/mol. The maximum atomic E-state index is 10.5. The molecule has 1 atom stereocenters. The van der Waals surface area contributed by atoms with E-state index in [1.807, 2.05) is 54.6 Å². The van der Waals surface area contributed by atoms with Crippen LogP contribution in [0.25, 0.3) is 0 Å². The first-order valence-electron chi connectivity index (χ1n) is 11.7. The molecule has 5 heteroatoms. The maximum Gasteiger partial charge on any atom is 0.127 e. The number of nitrogens with zero attached hydrogens (tertiary/aromatic N) is 1. The van der Waals surface area contributed by atoms with Gasteiger partial charge < -0.3 is 24.8 Å². The predicted octanol–water partition coefficient (Wildman–Crippen LogP) is 5.28. The lowest BCUT2D eigenvalue weighted by Crippen LogP contribution is -2.40. The zero-order valence-electron chi connectivity index (χ0n) is 19.3. The van der Waals surface area contributed by atoms with Gasteiger partial charge in [0.25, 0.3) is 0 Å². The Morgan fingerprint density at radius 2 is 1.58 bits per heavy atom. The molecule has 5 nitrogen and oxygen atoms in total. The number of aliphatic hydroxyl groups excluding tert-OH is 1. The lowest BCUT2D eigenvalue weighted by Gasteiger charge is -2.33. The lowest BCUT2D eigenvalue weighted by molar-refractivity contribution is 0.105. The van der Waals surface area contributed by atoms with E-state index in [9.17, 15) is 5.11 Å². The van der Waals surface area contributed by atoms with E-state index in [1.165, 1.54) is 5.56 Å². The summed E-state index contributed by atoms with van der Waals surface area (Å²) in [4.78, 5) is 2.37. The fraction of sp³-hybridized carbons (Fsp3) is 0.357. The average Bonchev–Trinajstić information content (AvgIpc) is 2.85. The van der Waals surface area contributed by atoms with E-state index in [2.05, 4.69) is 34.5 Å². The number of ether oxygens (including phenoxy) is 2. The number of β-amino-alcohol motifs (C(OH)–C–C–N with tert-alkyl or cyclic N) is 1. The van der Waals surface area contributed by atoms with Crippen LogP contribution in [0.3, 0.4) is 0 Å². The Kier molecular flexibility index (Phi) is 8.36. The summed E-state index contributed by atoms with van der Waals surface area (Å²) in [7, 11) is 1.70. The molecule has 0 amide bonds. The summed E-state index contributed by atoms with van der Waals surface area (Å²) in [6, 6.07) is 26.5. The summed E-state index contributed by atoms with van der Waals surface area (Å²) in [6.07, 6.45) is 1.83. The molecule has 1 heterocycles. The van der Waals surface area contributed by atoms with Crippen LogP contribution in [0.2, 0.25) is 0 Å². The van der Waals surface area contributed by atoms with E-state index >= 15 is 0 Å². The van der Waals surface area contributed by atoms with Crippen LogP contribution in [0.15, 0.2) is 78.9 Å². The van der Waals surface area contributed by atoms with E-state index in [4.69, 9.17) is 9.47 Å². The number of nitrogens with one attached hydrogen (secondary N) is 1. The van der Waals surface area contributed by atoms with Gasteiger partial charge in [-0.2, -0.15) is 0 Å². The van der Waals surface area contributed by atoms with Gasteiger partial charge in [-0.15, -0.1) is 0 Å². The molecule has 0 saturated carbocycles. The third kappa shape index (κ3) is 7.06. The van der Waals surface area contributed by atoms with Crippen LogP contribution >= 0.6 is 0 Å². The molecule has 33 heavy (non-hydrogen) atoms. The molecular weight excluding hydrogens is 412 g/mol. The Bertz CT molecular complexity index is 953. The van der Waals surface area contributed by atoms with E-state index in [-0.39, 0.29) is 0 Å². The lowest BCUT2D eigenvalue weighted by atomic mass is 9.89. The fourth-order valence-corrected chi connectivity index (χ4v) is 4.37. The van der Waals surface area contributed by atoms with Crippen molar-refractivity contribution in [2.24, 2.45) is 0 Å². The van der Waals surface area contributed by atoms with Gasteiger partial charge in [0.1, 0.15) is 11.5 Å². The van der Waals surface area contributed by atoms with Crippen LogP contribution in [0, 0.1) is 0 Å². The highest BCUT2D eigenvalue weighted by molar-refractivity contribution is 5.44. The minimum Gasteiger partial charge on any atom is -0.457 e. The predicted molar refractivity (Wildman–Crippen MR) is 133 cm³/mol. The molecule has 1 aliphatic rings. The molecule has 0 bridgehead atoms. The summed E-state index contributed by atoms with van der Waals surface area (Å²) < 4.78 is 11.0. The summed E-state index contributed by atoms with van der Waals surface area (Å²) in [6.45, 7) is 3.88. The van der Waals surface area contributed by atoms with E-state index in [0.29, 0.717) is 25.6 Å². The first-order valence-corrected chi connectivity index (χ1v) is 11.7. The number of aliphatic hydroxyl groups is 1. The molecule has 4 rings (SSSR count). The van der Waals surface area contributed by atoms with Crippen LogP contribution in [0.1, 0.15) is 29.9 Å². The highest BCUT2D eigenvalue weighted by Crippen LogP contribution is 2.30. The Hall–Kier alpha value is -2.86. The molecule has 1 saturated heterocycles. The minimum atomic E-state index is -0.394. The maximum absolute atomic E-state index is 10.5. The molecule has 0 radical (unpaired) electrons. The molecule has 1 fully saturated rings. The number of benzene rings is 3. The van der Waals surface area contributed by atoms with Gasteiger partial charge in [0, 0.05) is 25.9 Å². The SMILES string of the molecule is COCc1ccc(NC[C@H](O)CN2CCC(c3ccc(Oc4ccccc4)cc3)CC2)cc1. The third-order valence-corrected chi connectivity index (χ3v) is 6.19. The molecule has 0 spiro atoms. The Labute approximate surface area is 197 Å². The molecule has 3 aromatic carbocycles. The first kappa shape index (κ1) is 23.3. The number of hydrogen-bond acceptors (Lipinski definition) is 5. The third-order valence-electron chi connectivity index (χ3n) is 6.19. The van der Waals surface area contributed by atoms with E-state index in [1.54, 1.807) is 7.11 Å². The van der Waals surface area contributed by atoms with Crippen molar-refractivity contribution in [2.45, 2.75) is 31.5 Å². The summed E-state index contributed by atoms with van der Waals surface area (Å²) in [5.74, 6) is 2.29. The van der Waals surface area contributed by atoms with Gasteiger partial charge in [-0.25, -0.2) is 0 Å². The number of anilines is 1. The molecule has 1 aliphatic heterocycles. The minimum absolute atomic E-state index is 0.394. The van der Waals surface area contributed by atoms with Gasteiger partial charge in [-0.1, -0.05) is 42.5 Å². The van der Waals surface area contributed by atoms with Crippen LogP contribution in [0.4, 0.5) is 5.69 Å². The molecule has 3 aromatic rings.